The van der Waals surface area contributed by atoms with Crippen molar-refractivity contribution >= 4 is 11.6 Å². The van der Waals surface area contributed by atoms with E-state index in [4.69, 9.17) is 26.3 Å². The average molecular weight is 289 g/mol. The largest absolute Gasteiger partial charge is 0.490 e. The highest BCUT2D eigenvalue weighted by Crippen LogP contribution is 2.34. The number of benzene rings is 1. The molecule has 102 valence electrons. The molecule has 0 amide bonds. The first-order chi connectivity index (χ1) is 9.76. The standard InChI is InChI=1S/C15H13ClN2O2/c1-2-9-19-12-5-3-4-6-13(12)20-15-14(16)11(10-17)7-8-18-15/h3-8H,2,9H2,1H3. The molecule has 1 heterocycles. The fourth-order valence-corrected chi connectivity index (χ4v) is 1.74. The molecule has 2 aromatic rings. The predicted molar refractivity (Wildman–Crippen MR) is 76.3 cm³/mol. The molecule has 0 aliphatic heterocycles. The number of para-hydroxylation sites is 2. The highest BCUT2D eigenvalue weighted by molar-refractivity contribution is 6.33. The lowest BCUT2D eigenvalue weighted by molar-refractivity contribution is 0.301. The van der Waals surface area contributed by atoms with Crippen LogP contribution in [0.4, 0.5) is 0 Å². The SMILES string of the molecule is CCCOc1ccccc1Oc1nccc(C#N)c1Cl. The van der Waals surface area contributed by atoms with Crippen molar-refractivity contribution in [2.45, 2.75) is 13.3 Å². The predicted octanol–water partition coefficient (Wildman–Crippen LogP) is 4.19. The number of hydrogen-bond donors (Lipinski definition) is 0. The molecule has 1 aromatic heterocycles. The summed E-state index contributed by atoms with van der Waals surface area (Å²) in [6, 6.07) is 10.8. The summed E-state index contributed by atoms with van der Waals surface area (Å²) in [6.45, 7) is 2.62. The highest BCUT2D eigenvalue weighted by atomic mass is 35.5. The highest BCUT2D eigenvalue weighted by Gasteiger charge is 2.12. The van der Waals surface area contributed by atoms with Gasteiger partial charge in [0.1, 0.15) is 11.1 Å². The summed E-state index contributed by atoms with van der Waals surface area (Å²) in [5, 5.41) is 9.13. The van der Waals surface area contributed by atoms with E-state index < -0.39 is 0 Å². The van der Waals surface area contributed by atoms with E-state index in [2.05, 4.69) is 4.98 Å². The minimum atomic E-state index is 0.193. The van der Waals surface area contributed by atoms with Crippen LogP contribution >= 0.6 is 11.6 Å². The summed E-state index contributed by atoms with van der Waals surface area (Å²) in [6.07, 6.45) is 2.38. The van der Waals surface area contributed by atoms with Crippen LogP contribution in [-0.2, 0) is 0 Å². The van der Waals surface area contributed by atoms with Crippen LogP contribution in [0.25, 0.3) is 0 Å². The van der Waals surface area contributed by atoms with Crippen molar-refractivity contribution < 1.29 is 9.47 Å². The quantitative estimate of drug-likeness (QED) is 0.828. The Bertz CT molecular complexity index is 638. The Labute approximate surface area is 122 Å². The van der Waals surface area contributed by atoms with Gasteiger partial charge in [0.2, 0.25) is 5.88 Å². The van der Waals surface area contributed by atoms with Gasteiger partial charge in [0, 0.05) is 6.20 Å². The van der Waals surface area contributed by atoms with Crippen molar-refractivity contribution in [1.82, 2.24) is 4.98 Å². The Balaban J connectivity index is 2.29. The molecule has 0 saturated heterocycles. The van der Waals surface area contributed by atoms with Crippen LogP contribution in [0, 0.1) is 11.3 Å². The van der Waals surface area contributed by atoms with Crippen molar-refractivity contribution in [3.8, 4) is 23.4 Å². The van der Waals surface area contributed by atoms with Gasteiger partial charge in [-0.3, -0.25) is 0 Å². The molecule has 0 aliphatic rings. The Morgan fingerprint density at radius 2 is 2.00 bits per heavy atom. The second kappa shape index (κ2) is 6.78. The molecular weight excluding hydrogens is 276 g/mol. The van der Waals surface area contributed by atoms with Crippen molar-refractivity contribution in [2.75, 3.05) is 6.61 Å². The molecule has 0 saturated carbocycles. The maximum atomic E-state index is 8.94. The second-order valence-electron chi connectivity index (χ2n) is 3.99. The number of hydrogen-bond acceptors (Lipinski definition) is 4. The van der Waals surface area contributed by atoms with Gasteiger partial charge in [0.15, 0.2) is 11.5 Å². The molecule has 4 nitrogen and oxygen atoms in total. The Morgan fingerprint density at radius 1 is 1.25 bits per heavy atom. The van der Waals surface area contributed by atoms with Gasteiger partial charge in [0.25, 0.3) is 0 Å². The second-order valence-corrected chi connectivity index (χ2v) is 4.36. The number of halogens is 1. The number of aromatic nitrogens is 1. The zero-order chi connectivity index (χ0) is 14.4. The van der Waals surface area contributed by atoms with Gasteiger partial charge in [-0.25, -0.2) is 4.98 Å². The molecule has 20 heavy (non-hydrogen) atoms. The molecule has 0 bridgehead atoms. The number of nitriles is 1. The van der Waals surface area contributed by atoms with Gasteiger partial charge in [0.05, 0.1) is 12.2 Å². The van der Waals surface area contributed by atoms with E-state index in [-0.39, 0.29) is 10.9 Å². The third-order valence-corrected chi connectivity index (χ3v) is 2.86. The Hall–Kier alpha value is -2.25. The van der Waals surface area contributed by atoms with Gasteiger partial charge in [-0.15, -0.1) is 0 Å². The van der Waals surface area contributed by atoms with E-state index >= 15 is 0 Å². The molecule has 2 rings (SSSR count). The van der Waals surface area contributed by atoms with Crippen LogP contribution in [-0.4, -0.2) is 11.6 Å². The molecule has 0 spiro atoms. The summed E-state index contributed by atoms with van der Waals surface area (Å²) in [5.41, 5.74) is 0.323. The zero-order valence-corrected chi connectivity index (χ0v) is 11.7. The smallest absolute Gasteiger partial charge is 0.239 e. The molecule has 0 fully saturated rings. The van der Waals surface area contributed by atoms with Gasteiger partial charge in [-0.05, 0) is 24.6 Å². The monoisotopic (exact) mass is 288 g/mol. The first-order valence-electron chi connectivity index (χ1n) is 6.20. The molecule has 0 N–H and O–H groups in total. The van der Waals surface area contributed by atoms with E-state index in [0.29, 0.717) is 23.7 Å². The number of nitrogens with zero attached hydrogens (tertiary/aromatic N) is 2. The van der Waals surface area contributed by atoms with Gasteiger partial charge >= 0.3 is 0 Å². The van der Waals surface area contributed by atoms with Gasteiger partial charge < -0.3 is 9.47 Å². The van der Waals surface area contributed by atoms with Crippen molar-refractivity contribution in [1.29, 1.82) is 5.26 Å². The van der Waals surface area contributed by atoms with E-state index in [1.165, 1.54) is 12.3 Å². The molecule has 0 unspecified atom stereocenters. The maximum Gasteiger partial charge on any atom is 0.239 e. The molecule has 5 heteroatoms. The molecular formula is C15H13ClN2O2. The van der Waals surface area contributed by atoms with Crippen molar-refractivity contribution in [2.24, 2.45) is 0 Å². The third kappa shape index (κ3) is 3.19. The van der Waals surface area contributed by atoms with E-state index in [0.717, 1.165) is 6.42 Å². The van der Waals surface area contributed by atoms with E-state index in [1.54, 1.807) is 6.07 Å². The first kappa shape index (κ1) is 14.2. The minimum Gasteiger partial charge on any atom is -0.490 e. The summed E-state index contributed by atoms with van der Waals surface area (Å²) in [4.78, 5) is 4.04. The molecule has 1 aromatic carbocycles. The van der Waals surface area contributed by atoms with Gasteiger partial charge in [-0.1, -0.05) is 30.7 Å². The van der Waals surface area contributed by atoms with Crippen LogP contribution in [0.3, 0.4) is 0 Å². The van der Waals surface area contributed by atoms with Crippen LogP contribution in [0.15, 0.2) is 36.5 Å². The lowest BCUT2D eigenvalue weighted by atomic mass is 10.3. The maximum absolute atomic E-state index is 8.94. The number of pyridine rings is 1. The normalized spacial score (nSPS) is 9.85. The van der Waals surface area contributed by atoms with Crippen LogP contribution in [0.1, 0.15) is 18.9 Å². The molecule has 0 aliphatic carbocycles. The summed E-state index contributed by atoms with van der Waals surface area (Å²) in [7, 11) is 0. The fourth-order valence-electron chi connectivity index (χ4n) is 1.55. The summed E-state index contributed by atoms with van der Waals surface area (Å²) < 4.78 is 11.3. The van der Waals surface area contributed by atoms with E-state index in [1.807, 2.05) is 31.2 Å². The minimum absolute atomic E-state index is 0.193. The van der Waals surface area contributed by atoms with Crippen molar-refractivity contribution in [3.05, 3.63) is 47.1 Å². The van der Waals surface area contributed by atoms with Gasteiger partial charge in [-0.2, -0.15) is 5.26 Å². The molecule has 0 atom stereocenters. The first-order valence-corrected chi connectivity index (χ1v) is 6.58. The van der Waals surface area contributed by atoms with Crippen LogP contribution in [0.2, 0.25) is 5.02 Å². The fraction of sp³-hybridized carbons (Fsp3) is 0.200. The Morgan fingerprint density at radius 3 is 2.70 bits per heavy atom. The summed E-state index contributed by atoms with van der Waals surface area (Å²) >= 11 is 6.06. The van der Waals surface area contributed by atoms with Crippen LogP contribution in [0.5, 0.6) is 17.4 Å². The van der Waals surface area contributed by atoms with Crippen molar-refractivity contribution in [3.63, 3.8) is 0 Å². The topological polar surface area (TPSA) is 55.1 Å². The molecule has 0 radical (unpaired) electrons. The third-order valence-electron chi connectivity index (χ3n) is 2.50. The zero-order valence-electron chi connectivity index (χ0n) is 11.0. The Kier molecular flexibility index (Phi) is 4.80. The average Bonchev–Trinajstić information content (AvgIpc) is 2.48. The number of ether oxygens (including phenoxy) is 2. The van der Waals surface area contributed by atoms with E-state index in [9.17, 15) is 0 Å². The summed E-state index contributed by atoms with van der Waals surface area (Å²) in [5.74, 6) is 1.33. The lowest BCUT2D eigenvalue weighted by Gasteiger charge is -2.12. The van der Waals surface area contributed by atoms with Crippen LogP contribution < -0.4 is 9.47 Å². The number of rotatable bonds is 5. The lowest BCUT2D eigenvalue weighted by Crippen LogP contribution is -1.98.